The van der Waals surface area contributed by atoms with Gasteiger partial charge in [-0.25, -0.2) is 0 Å². The molecule has 0 amide bonds. The van der Waals surface area contributed by atoms with Crippen molar-refractivity contribution in [1.82, 2.24) is 0 Å². The zero-order valence-corrected chi connectivity index (χ0v) is 11.8. The molecule has 0 aliphatic heterocycles. The third-order valence-electron chi connectivity index (χ3n) is 2.75. The summed E-state index contributed by atoms with van der Waals surface area (Å²) in [6.45, 7) is 1.92. The maximum absolute atomic E-state index is 9.14. The molecule has 2 aromatic carbocycles. The van der Waals surface area contributed by atoms with Gasteiger partial charge in [-0.2, -0.15) is 10.5 Å². The fourth-order valence-corrected chi connectivity index (χ4v) is 2.14. The van der Waals surface area contributed by atoms with Gasteiger partial charge in [0.2, 0.25) is 0 Å². The molecule has 0 heterocycles. The van der Waals surface area contributed by atoms with Gasteiger partial charge in [0.1, 0.15) is 12.1 Å². The Labute approximate surface area is 120 Å². The largest absolute Gasteiger partial charge is 0.353 e. The number of halogens is 1. The minimum atomic E-state index is 0.537. The van der Waals surface area contributed by atoms with Crippen LogP contribution in [0.4, 0.5) is 11.4 Å². The molecule has 2 aromatic rings. The Balaban J connectivity index is 2.51. The minimum absolute atomic E-state index is 0.537. The Morgan fingerprint density at radius 2 is 1.79 bits per heavy atom. The molecule has 19 heavy (non-hydrogen) atoms. The quantitative estimate of drug-likeness (QED) is 0.902. The molecule has 0 saturated heterocycles. The number of hydrogen-bond acceptors (Lipinski definition) is 3. The first-order chi connectivity index (χ1) is 9.15. The van der Waals surface area contributed by atoms with Crippen molar-refractivity contribution in [3.05, 3.63) is 57.6 Å². The molecule has 0 bridgehead atoms. The highest BCUT2D eigenvalue weighted by molar-refractivity contribution is 9.10. The lowest BCUT2D eigenvalue weighted by Crippen LogP contribution is -1.98. The number of hydrogen-bond donors (Lipinski definition) is 1. The molecule has 3 nitrogen and oxygen atoms in total. The average Bonchev–Trinajstić information content (AvgIpc) is 2.41. The second-order valence-electron chi connectivity index (χ2n) is 4.04. The molecule has 0 fully saturated rings. The van der Waals surface area contributed by atoms with Crippen LogP contribution in [0.25, 0.3) is 0 Å². The first-order valence-corrected chi connectivity index (χ1v) is 6.41. The topological polar surface area (TPSA) is 59.6 Å². The van der Waals surface area contributed by atoms with E-state index >= 15 is 0 Å². The summed E-state index contributed by atoms with van der Waals surface area (Å²) in [4.78, 5) is 0. The zero-order chi connectivity index (χ0) is 13.8. The van der Waals surface area contributed by atoms with Crippen LogP contribution in [0, 0.1) is 29.6 Å². The molecule has 0 saturated carbocycles. The third-order valence-corrected chi connectivity index (χ3v) is 3.25. The van der Waals surface area contributed by atoms with Crippen LogP contribution in [0.5, 0.6) is 0 Å². The van der Waals surface area contributed by atoms with Crippen LogP contribution in [0.15, 0.2) is 40.9 Å². The van der Waals surface area contributed by atoms with Gasteiger partial charge in [-0.3, -0.25) is 0 Å². The highest BCUT2D eigenvalue weighted by atomic mass is 79.9. The minimum Gasteiger partial charge on any atom is -0.353 e. The second-order valence-corrected chi connectivity index (χ2v) is 4.95. The van der Waals surface area contributed by atoms with E-state index in [0.717, 1.165) is 15.7 Å². The first kappa shape index (κ1) is 13.1. The SMILES string of the molecule is Cc1cccc(C#N)c1Nc1cc(Br)ccc1C#N. The lowest BCUT2D eigenvalue weighted by atomic mass is 10.1. The molecule has 0 spiro atoms. The molecular formula is C15H10BrN3. The summed E-state index contributed by atoms with van der Waals surface area (Å²) in [6.07, 6.45) is 0. The second kappa shape index (κ2) is 5.56. The Morgan fingerprint density at radius 1 is 1.05 bits per heavy atom. The Bertz CT molecular complexity index is 708. The van der Waals surface area contributed by atoms with Crippen LogP contribution >= 0.6 is 15.9 Å². The molecule has 0 aromatic heterocycles. The van der Waals surface area contributed by atoms with E-state index in [9.17, 15) is 0 Å². The Hall–Kier alpha value is -2.30. The van der Waals surface area contributed by atoms with Gasteiger partial charge in [0.25, 0.3) is 0 Å². The normalized spacial score (nSPS) is 9.47. The van der Waals surface area contributed by atoms with Gasteiger partial charge >= 0.3 is 0 Å². The van der Waals surface area contributed by atoms with Gasteiger partial charge in [0.05, 0.1) is 22.5 Å². The van der Waals surface area contributed by atoms with E-state index in [1.54, 1.807) is 12.1 Å². The number of benzene rings is 2. The number of para-hydroxylation sites is 1. The number of anilines is 2. The van der Waals surface area contributed by atoms with Crippen molar-refractivity contribution < 1.29 is 0 Å². The standard InChI is InChI=1S/C15H10BrN3/c1-10-3-2-4-12(9-18)15(10)19-14-7-13(16)6-5-11(14)8-17/h2-7,19H,1H3. The molecule has 0 radical (unpaired) electrons. The average molecular weight is 312 g/mol. The van der Waals surface area contributed by atoms with Crippen molar-refractivity contribution in [3.8, 4) is 12.1 Å². The van der Waals surface area contributed by atoms with Crippen molar-refractivity contribution in [2.24, 2.45) is 0 Å². The third kappa shape index (κ3) is 2.76. The summed E-state index contributed by atoms with van der Waals surface area (Å²) in [5.41, 5.74) is 3.48. The maximum Gasteiger partial charge on any atom is 0.101 e. The summed E-state index contributed by atoms with van der Waals surface area (Å²) < 4.78 is 0.876. The smallest absolute Gasteiger partial charge is 0.101 e. The van der Waals surface area contributed by atoms with Crippen molar-refractivity contribution in [3.63, 3.8) is 0 Å². The summed E-state index contributed by atoms with van der Waals surface area (Å²) in [6, 6.07) is 15.2. The van der Waals surface area contributed by atoms with Gasteiger partial charge in [-0.15, -0.1) is 0 Å². The van der Waals surface area contributed by atoms with Gasteiger partial charge in [0.15, 0.2) is 0 Å². The number of aryl methyl sites for hydroxylation is 1. The van der Waals surface area contributed by atoms with Crippen LogP contribution in [-0.2, 0) is 0 Å². The molecular weight excluding hydrogens is 302 g/mol. The molecule has 1 N–H and O–H groups in total. The van der Waals surface area contributed by atoms with Gasteiger partial charge in [0, 0.05) is 4.47 Å². The molecule has 0 aliphatic rings. The lowest BCUT2D eigenvalue weighted by molar-refractivity contribution is 1.38. The van der Waals surface area contributed by atoms with E-state index in [4.69, 9.17) is 10.5 Å². The molecule has 0 atom stereocenters. The van der Waals surface area contributed by atoms with Crippen molar-refractivity contribution in [2.45, 2.75) is 6.92 Å². The van der Waals surface area contributed by atoms with Crippen LogP contribution in [-0.4, -0.2) is 0 Å². The van der Waals surface area contributed by atoms with Crippen LogP contribution in [0.1, 0.15) is 16.7 Å². The van der Waals surface area contributed by atoms with Crippen LogP contribution < -0.4 is 5.32 Å². The molecule has 0 aliphatic carbocycles. The summed E-state index contributed by atoms with van der Waals surface area (Å²) in [5, 5.41) is 21.4. The van der Waals surface area contributed by atoms with Gasteiger partial charge in [-0.1, -0.05) is 28.1 Å². The fourth-order valence-electron chi connectivity index (χ4n) is 1.78. The van der Waals surface area contributed by atoms with Crippen molar-refractivity contribution >= 4 is 27.3 Å². The van der Waals surface area contributed by atoms with E-state index < -0.39 is 0 Å². The van der Waals surface area contributed by atoms with Crippen LogP contribution in [0.2, 0.25) is 0 Å². The molecule has 4 heteroatoms. The Morgan fingerprint density at radius 3 is 2.47 bits per heavy atom. The van der Waals surface area contributed by atoms with Crippen LogP contribution in [0.3, 0.4) is 0 Å². The fraction of sp³-hybridized carbons (Fsp3) is 0.0667. The highest BCUT2D eigenvalue weighted by Gasteiger charge is 2.08. The van der Waals surface area contributed by atoms with Crippen molar-refractivity contribution in [1.29, 1.82) is 10.5 Å². The van der Waals surface area contributed by atoms with Gasteiger partial charge in [-0.05, 0) is 36.8 Å². The van der Waals surface area contributed by atoms with E-state index in [1.807, 2.05) is 31.2 Å². The number of rotatable bonds is 2. The number of nitrogens with one attached hydrogen (secondary N) is 1. The monoisotopic (exact) mass is 311 g/mol. The predicted octanol–water partition coefficient (Wildman–Crippen LogP) is 4.24. The van der Waals surface area contributed by atoms with Gasteiger partial charge < -0.3 is 5.32 Å². The Kier molecular flexibility index (Phi) is 3.85. The molecule has 92 valence electrons. The number of nitriles is 2. The number of nitrogens with zero attached hydrogens (tertiary/aromatic N) is 2. The first-order valence-electron chi connectivity index (χ1n) is 5.62. The summed E-state index contributed by atoms with van der Waals surface area (Å²) >= 11 is 3.38. The summed E-state index contributed by atoms with van der Waals surface area (Å²) in [7, 11) is 0. The van der Waals surface area contributed by atoms with E-state index in [0.29, 0.717) is 16.8 Å². The predicted molar refractivity (Wildman–Crippen MR) is 78.0 cm³/mol. The molecule has 0 unspecified atom stereocenters. The zero-order valence-electron chi connectivity index (χ0n) is 10.2. The van der Waals surface area contributed by atoms with E-state index in [1.165, 1.54) is 0 Å². The van der Waals surface area contributed by atoms with Crippen molar-refractivity contribution in [2.75, 3.05) is 5.32 Å². The maximum atomic E-state index is 9.14. The lowest BCUT2D eigenvalue weighted by Gasteiger charge is -2.12. The van der Waals surface area contributed by atoms with E-state index in [2.05, 4.69) is 33.4 Å². The highest BCUT2D eigenvalue weighted by Crippen LogP contribution is 2.28. The summed E-state index contributed by atoms with van der Waals surface area (Å²) in [5.74, 6) is 0. The molecule has 2 rings (SSSR count). The van der Waals surface area contributed by atoms with E-state index in [-0.39, 0.29) is 0 Å².